The zero-order valence-electron chi connectivity index (χ0n) is 3.32. The number of halogens is 1. The van der Waals surface area contributed by atoms with E-state index in [0.29, 0.717) is 0 Å². The average Bonchev–Trinajstić information content (AvgIpc) is 1.37. The summed E-state index contributed by atoms with van der Waals surface area (Å²) in [6.07, 6.45) is 0. The summed E-state index contributed by atoms with van der Waals surface area (Å²) in [6.45, 7) is 0. The van der Waals surface area contributed by atoms with E-state index in [-0.39, 0.29) is 28.5 Å². The smallest absolute Gasteiger partial charge is 0.147 e. The standard InChI is InChI=1S/C2H7AsO.ClH/c1-3-4-2;/h3H,1-2H3;1H. The van der Waals surface area contributed by atoms with Crippen molar-refractivity contribution in [3.8, 4) is 0 Å². The Balaban J connectivity index is 0. The average molecular weight is 158 g/mol. The third-order valence-corrected chi connectivity index (χ3v) is 1.06. The maximum Gasteiger partial charge on any atom is -0.147 e. The van der Waals surface area contributed by atoms with Crippen molar-refractivity contribution in [1.82, 2.24) is 0 Å². The van der Waals surface area contributed by atoms with E-state index >= 15 is 0 Å². The van der Waals surface area contributed by atoms with Crippen molar-refractivity contribution in [3.05, 3.63) is 0 Å². The molecule has 0 aliphatic carbocycles. The fourth-order valence-corrected chi connectivity index (χ4v) is 0. The van der Waals surface area contributed by atoms with Crippen LogP contribution < -0.4 is 0 Å². The van der Waals surface area contributed by atoms with E-state index in [4.69, 9.17) is 0 Å². The molecule has 0 rings (SSSR count). The monoisotopic (exact) mass is 158 g/mol. The van der Waals surface area contributed by atoms with E-state index < -0.39 is 0 Å². The normalized spacial score (nSPS) is 8.40. The van der Waals surface area contributed by atoms with Crippen LogP contribution in [0.25, 0.3) is 0 Å². The van der Waals surface area contributed by atoms with Gasteiger partial charge < -0.3 is 0 Å². The van der Waals surface area contributed by atoms with Crippen molar-refractivity contribution in [2.24, 2.45) is 0 Å². The van der Waals surface area contributed by atoms with Gasteiger partial charge in [0.25, 0.3) is 0 Å². The largest absolute Gasteiger partial charge is 0.147 e. The molecule has 1 nitrogen and oxygen atoms in total. The van der Waals surface area contributed by atoms with Gasteiger partial charge in [0.05, 0.1) is 0 Å². The minimum absolute atomic E-state index is 0. The van der Waals surface area contributed by atoms with Crippen LogP contribution in [0.15, 0.2) is 0 Å². The molecule has 5 heavy (non-hydrogen) atoms. The fraction of sp³-hybridized carbons (Fsp3) is 1.00. The van der Waals surface area contributed by atoms with Crippen molar-refractivity contribution < 1.29 is 3.73 Å². The molecule has 0 radical (unpaired) electrons. The number of rotatable bonds is 1. The Hall–Kier alpha value is 0.808. The van der Waals surface area contributed by atoms with Gasteiger partial charge in [-0.3, -0.25) is 0 Å². The van der Waals surface area contributed by atoms with E-state index in [0.717, 1.165) is 0 Å². The molecular weight excluding hydrogens is 150 g/mol. The molecule has 0 aliphatic rings. The molecule has 0 saturated carbocycles. The van der Waals surface area contributed by atoms with Crippen molar-refractivity contribution in [2.75, 3.05) is 7.11 Å². The van der Waals surface area contributed by atoms with Crippen LogP contribution in [0.1, 0.15) is 0 Å². The van der Waals surface area contributed by atoms with Crippen molar-refractivity contribution in [1.29, 1.82) is 0 Å². The Bertz CT molecular complexity index is 11.6. The van der Waals surface area contributed by atoms with Gasteiger partial charge in [0.15, 0.2) is 0 Å². The Morgan fingerprint density at radius 1 is 1.60 bits per heavy atom. The maximum absolute atomic E-state index is 4.67. The molecule has 0 aromatic carbocycles. The predicted octanol–water partition coefficient (Wildman–Crippen LogP) is 0.454. The summed E-state index contributed by atoms with van der Waals surface area (Å²) >= 11 is 0.0139. The van der Waals surface area contributed by atoms with Crippen molar-refractivity contribution >= 4 is 28.5 Å². The summed E-state index contributed by atoms with van der Waals surface area (Å²) in [7, 11) is 1.74. The molecule has 0 spiro atoms. The van der Waals surface area contributed by atoms with Crippen LogP contribution >= 0.6 is 12.4 Å². The maximum atomic E-state index is 4.67. The second-order valence-corrected chi connectivity index (χ2v) is 2.12. The first kappa shape index (κ1) is 9.26. The third kappa shape index (κ3) is 11.6. The molecule has 1 unspecified atom stereocenters. The fourth-order valence-electron chi connectivity index (χ4n) is 0. The summed E-state index contributed by atoms with van der Waals surface area (Å²) in [4.78, 5) is 0. The van der Waals surface area contributed by atoms with Crippen LogP contribution in [-0.4, -0.2) is 23.2 Å². The van der Waals surface area contributed by atoms with Crippen LogP contribution in [0.3, 0.4) is 0 Å². The van der Waals surface area contributed by atoms with E-state index in [2.05, 4.69) is 9.44 Å². The first-order valence-corrected chi connectivity index (χ1v) is 4.07. The molecule has 34 valence electrons. The van der Waals surface area contributed by atoms with Crippen molar-refractivity contribution in [3.63, 3.8) is 0 Å². The van der Waals surface area contributed by atoms with Gasteiger partial charge in [-0.05, 0) is 0 Å². The topological polar surface area (TPSA) is 9.23 Å². The number of hydrogen-bond donors (Lipinski definition) is 0. The Kier molecular flexibility index (Phi) is 16.4. The summed E-state index contributed by atoms with van der Waals surface area (Å²) < 4.78 is 4.67. The Labute approximate surface area is 45.5 Å². The van der Waals surface area contributed by atoms with Gasteiger partial charge in [0.2, 0.25) is 0 Å². The van der Waals surface area contributed by atoms with Crippen LogP contribution in [0.2, 0.25) is 5.71 Å². The molecule has 0 fully saturated rings. The molecule has 0 aromatic rings. The molecule has 0 aromatic heterocycles. The first-order valence-electron chi connectivity index (χ1n) is 1.11. The Morgan fingerprint density at radius 2 is 1.80 bits per heavy atom. The zero-order chi connectivity index (χ0) is 3.41. The van der Waals surface area contributed by atoms with E-state index in [1.807, 2.05) is 0 Å². The van der Waals surface area contributed by atoms with E-state index in [9.17, 15) is 0 Å². The SMILES string of the molecule is CO[AsH]C.Cl. The minimum atomic E-state index is 0. The quantitative estimate of drug-likeness (QED) is 0.504. The first-order chi connectivity index (χ1) is 1.91. The number of hydrogen-bond acceptors (Lipinski definition) is 1. The van der Waals surface area contributed by atoms with E-state index in [1.165, 1.54) is 0 Å². The Morgan fingerprint density at radius 3 is 1.80 bits per heavy atom. The predicted molar refractivity (Wildman–Crippen MR) is 27.3 cm³/mol. The van der Waals surface area contributed by atoms with Gasteiger partial charge in [-0.15, -0.1) is 12.4 Å². The summed E-state index contributed by atoms with van der Waals surface area (Å²) in [5.74, 6) is 0. The van der Waals surface area contributed by atoms with Gasteiger partial charge >= 0.3 is 32.6 Å². The summed E-state index contributed by atoms with van der Waals surface area (Å²) in [6, 6.07) is 0. The zero-order valence-corrected chi connectivity index (χ0v) is 6.23. The van der Waals surface area contributed by atoms with Gasteiger partial charge in [-0.25, -0.2) is 0 Å². The summed E-state index contributed by atoms with van der Waals surface area (Å²) in [5, 5.41) is 0. The molecule has 0 amide bonds. The third-order valence-electron chi connectivity index (χ3n) is 0.204. The van der Waals surface area contributed by atoms with Crippen LogP contribution in [0.5, 0.6) is 0 Å². The van der Waals surface area contributed by atoms with Crippen LogP contribution in [0, 0.1) is 0 Å². The van der Waals surface area contributed by atoms with Gasteiger partial charge in [-0.1, -0.05) is 0 Å². The molecule has 1 atom stereocenters. The van der Waals surface area contributed by atoms with Gasteiger partial charge in [0, 0.05) is 0 Å². The molecule has 0 saturated heterocycles. The van der Waals surface area contributed by atoms with Crippen LogP contribution in [0.4, 0.5) is 0 Å². The van der Waals surface area contributed by atoms with Gasteiger partial charge in [-0.2, -0.15) is 0 Å². The van der Waals surface area contributed by atoms with Crippen LogP contribution in [-0.2, 0) is 3.73 Å². The molecule has 0 heterocycles. The molecule has 0 bridgehead atoms. The second kappa shape index (κ2) is 8.84. The second-order valence-electron chi connectivity index (χ2n) is 0.408. The molecular formula is C2H8AsClO. The summed E-state index contributed by atoms with van der Waals surface area (Å²) in [5.41, 5.74) is 2.08. The minimum Gasteiger partial charge on any atom is -0.147 e. The van der Waals surface area contributed by atoms with E-state index in [1.54, 1.807) is 7.11 Å². The molecule has 0 N–H and O–H groups in total. The van der Waals surface area contributed by atoms with Crippen molar-refractivity contribution in [2.45, 2.75) is 5.71 Å². The van der Waals surface area contributed by atoms with Gasteiger partial charge in [0.1, 0.15) is 0 Å². The molecule has 0 aliphatic heterocycles. The molecule has 3 heteroatoms.